The van der Waals surface area contributed by atoms with Crippen molar-refractivity contribution in [3.8, 4) is 0 Å². The Morgan fingerprint density at radius 2 is 1.42 bits per heavy atom. The fourth-order valence-electron chi connectivity index (χ4n) is 3.69. The normalized spacial score (nSPS) is 14.0. The fraction of sp³-hybridized carbons (Fsp3) is 0.174. The maximum absolute atomic E-state index is 12.9. The van der Waals surface area contributed by atoms with Gasteiger partial charge >= 0.3 is 11.4 Å². The number of morpholine rings is 1. The molecule has 0 radical (unpaired) electrons. The second kappa shape index (κ2) is 11.1. The number of amides is 1. The summed E-state index contributed by atoms with van der Waals surface area (Å²) in [5.41, 5.74) is -1.63. The minimum Gasteiger partial charge on any atom is -0.379 e. The molecule has 0 atom stereocenters. The van der Waals surface area contributed by atoms with Crippen molar-refractivity contribution >= 4 is 56.0 Å². The first-order valence-electron chi connectivity index (χ1n) is 11.0. The van der Waals surface area contributed by atoms with Gasteiger partial charge in [0.1, 0.15) is 0 Å². The molecule has 13 nitrogen and oxygen atoms in total. The Balaban J connectivity index is 1.60. The summed E-state index contributed by atoms with van der Waals surface area (Å²) < 4.78 is 32.0. The molecule has 0 unspecified atom stereocenters. The van der Waals surface area contributed by atoms with E-state index in [4.69, 9.17) is 16.3 Å². The largest absolute Gasteiger partial charge is 0.379 e. The molecule has 1 amide bonds. The van der Waals surface area contributed by atoms with Gasteiger partial charge < -0.3 is 15.4 Å². The summed E-state index contributed by atoms with van der Waals surface area (Å²) in [6, 6.07) is 13.1. The lowest BCUT2D eigenvalue weighted by atomic mass is 10.1. The number of nitro benzene ring substituents is 2. The van der Waals surface area contributed by atoms with Gasteiger partial charge in [-0.3, -0.25) is 25.0 Å². The Morgan fingerprint density at radius 3 is 1.95 bits per heavy atom. The molecule has 1 heterocycles. The minimum absolute atomic E-state index is 0.0151. The lowest BCUT2D eigenvalue weighted by molar-refractivity contribution is -0.392. The fourth-order valence-corrected chi connectivity index (χ4v) is 5.22. The second-order valence-electron chi connectivity index (χ2n) is 8.03. The summed E-state index contributed by atoms with van der Waals surface area (Å²) in [5.74, 6) is -0.863. The first kappa shape index (κ1) is 26.9. The molecule has 15 heteroatoms. The Morgan fingerprint density at radius 1 is 0.895 bits per heavy atom. The van der Waals surface area contributed by atoms with Crippen LogP contribution in [0.1, 0.15) is 10.4 Å². The number of ether oxygens (including phenoxy) is 1. The molecule has 3 aromatic carbocycles. The van der Waals surface area contributed by atoms with Crippen LogP contribution >= 0.6 is 11.6 Å². The van der Waals surface area contributed by atoms with E-state index in [1.807, 2.05) is 0 Å². The molecule has 38 heavy (non-hydrogen) atoms. The van der Waals surface area contributed by atoms with Gasteiger partial charge in [-0.2, -0.15) is 4.31 Å². The van der Waals surface area contributed by atoms with Gasteiger partial charge in [-0.05, 0) is 48.5 Å². The first-order valence-corrected chi connectivity index (χ1v) is 12.9. The van der Waals surface area contributed by atoms with Crippen molar-refractivity contribution in [1.82, 2.24) is 4.31 Å². The first-order chi connectivity index (χ1) is 18.1. The van der Waals surface area contributed by atoms with E-state index in [0.717, 1.165) is 12.1 Å². The number of rotatable bonds is 8. The maximum Gasteiger partial charge on any atom is 0.300 e. The van der Waals surface area contributed by atoms with Gasteiger partial charge in [0.25, 0.3) is 5.91 Å². The zero-order valence-corrected chi connectivity index (χ0v) is 21.1. The lowest BCUT2D eigenvalue weighted by Crippen LogP contribution is -2.40. The third-order valence-corrected chi connectivity index (χ3v) is 7.75. The quantitative estimate of drug-likeness (QED) is 0.302. The molecule has 0 saturated carbocycles. The van der Waals surface area contributed by atoms with Crippen LogP contribution < -0.4 is 10.6 Å². The molecule has 1 aliphatic heterocycles. The van der Waals surface area contributed by atoms with Crippen molar-refractivity contribution in [3.63, 3.8) is 0 Å². The topological polar surface area (TPSA) is 174 Å². The molecule has 1 aliphatic rings. The van der Waals surface area contributed by atoms with Gasteiger partial charge in [0.15, 0.2) is 5.69 Å². The highest BCUT2D eigenvalue weighted by atomic mass is 35.5. The van der Waals surface area contributed by atoms with Crippen molar-refractivity contribution in [3.05, 3.63) is 91.5 Å². The molecule has 0 bridgehead atoms. The molecule has 2 N–H and O–H groups in total. The number of hydrogen-bond donors (Lipinski definition) is 2. The Bertz CT molecular complexity index is 1460. The summed E-state index contributed by atoms with van der Waals surface area (Å²) in [7, 11) is -3.75. The predicted octanol–water partition coefficient (Wildman–Crippen LogP) is 4.17. The third kappa shape index (κ3) is 5.89. The van der Waals surface area contributed by atoms with Crippen molar-refractivity contribution in [1.29, 1.82) is 0 Å². The average molecular weight is 562 g/mol. The zero-order valence-electron chi connectivity index (χ0n) is 19.5. The van der Waals surface area contributed by atoms with Crippen LogP contribution in [0.15, 0.2) is 65.6 Å². The number of carbonyl (C=O) groups is 1. The molecule has 1 saturated heterocycles. The number of nitrogens with zero attached hydrogens (tertiary/aromatic N) is 3. The number of nitrogens with one attached hydrogen (secondary N) is 2. The van der Waals surface area contributed by atoms with E-state index in [9.17, 15) is 33.4 Å². The van der Waals surface area contributed by atoms with E-state index < -0.39 is 42.8 Å². The van der Waals surface area contributed by atoms with Gasteiger partial charge in [0.2, 0.25) is 10.0 Å². The summed E-state index contributed by atoms with van der Waals surface area (Å²) in [6.07, 6.45) is 0. The van der Waals surface area contributed by atoms with E-state index in [-0.39, 0.29) is 29.2 Å². The predicted molar refractivity (Wildman–Crippen MR) is 138 cm³/mol. The zero-order chi connectivity index (χ0) is 27.4. The summed E-state index contributed by atoms with van der Waals surface area (Å²) in [6.45, 7) is 1.03. The van der Waals surface area contributed by atoms with Gasteiger partial charge in [0.05, 0.1) is 33.5 Å². The number of anilines is 3. The van der Waals surface area contributed by atoms with Gasteiger partial charge in [0, 0.05) is 41.6 Å². The van der Waals surface area contributed by atoms with Crippen molar-refractivity contribution in [2.75, 3.05) is 36.9 Å². The molecular formula is C23H20ClN5O8S. The number of carbonyl (C=O) groups excluding carboxylic acids is 1. The molecule has 198 valence electrons. The van der Waals surface area contributed by atoms with Gasteiger partial charge in [-0.1, -0.05) is 11.6 Å². The van der Waals surface area contributed by atoms with E-state index in [2.05, 4.69) is 10.6 Å². The van der Waals surface area contributed by atoms with Crippen LogP contribution in [-0.4, -0.2) is 54.8 Å². The van der Waals surface area contributed by atoms with Crippen LogP contribution in [0.4, 0.5) is 28.4 Å². The molecule has 0 aliphatic carbocycles. The second-order valence-corrected chi connectivity index (χ2v) is 10.4. The maximum atomic E-state index is 12.9. The minimum atomic E-state index is -3.75. The van der Waals surface area contributed by atoms with Crippen LogP contribution in [0.3, 0.4) is 0 Å². The van der Waals surface area contributed by atoms with E-state index >= 15 is 0 Å². The number of nitro groups is 2. The van der Waals surface area contributed by atoms with Gasteiger partial charge in [-0.15, -0.1) is 0 Å². The highest BCUT2D eigenvalue weighted by Crippen LogP contribution is 2.38. The Hall–Kier alpha value is -4.11. The smallest absolute Gasteiger partial charge is 0.300 e. The molecule has 4 rings (SSSR count). The van der Waals surface area contributed by atoms with Crippen molar-refractivity contribution in [2.24, 2.45) is 0 Å². The van der Waals surface area contributed by atoms with E-state index in [1.54, 1.807) is 0 Å². The number of halogens is 1. The highest BCUT2D eigenvalue weighted by molar-refractivity contribution is 7.89. The number of hydrogen-bond acceptors (Lipinski definition) is 9. The molecule has 1 fully saturated rings. The van der Waals surface area contributed by atoms with Crippen LogP contribution in [0.25, 0.3) is 0 Å². The van der Waals surface area contributed by atoms with Crippen LogP contribution in [0.2, 0.25) is 5.02 Å². The Kier molecular flexibility index (Phi) is 7.87. The van der Waals surface area contributed by atoms with Crippen molar-refractivity contribution < 1.29 is 27.8 Å². The average Bonchev–Trinajstić information content (AvgIpc) is 2.90. The highest BCUT2D eigenvalue weighted by Gasteiger charge is 2.29. The Labute approximate surface area is 221 Å². The van der Waals surface area contributed by atoms with Crippen LogP contribution in [0.5, 0.6) is 0 Å². The monoisotopic (exact) mass is 561 g/mol. The summed E-state index contributed by atoms with van der Waals surface area (Å²) in [4.78, 5) is 34.7. The van der Waals surface area contributed by atoms with E-state index in [1.165, 1.54) is 52.8 Å². The SMILES string of the molecule is O=C(Nc1ccc(S(=O)(=O)N2CCOCC2)cc1)c1cc([N+](=O)[O-])c(Nc2ccc(Cl)cc2)c([N+](=O)[O-])c1. The molecule has 0 spiro atoms. The summed E-state index contributed by atoms with van der Waals surface area (Å²) in [5, 5.41) is 29.0. The third-order valence-electron chi connectivity index (χ3n) is 5.59. The number of sulfonamides is 1. The molecule has 3 aromatic rings. The summed E-state index contributed by atoms with van der Waals surface area (Å²) >= 11 is 5.84. The standard InChI is InChI=1S/C23H20ClN5O8S/c24-16-1-3-17(4-2-16)25-22-20(28(31)32)13-15(14-21(22)29(33)34)23(30)26-18-5-7-19(8-6-18)38(35,36)27-9-11-37-12-10-27/h1-8,13-14,25H,9-12H2,(H,26,30). The molecule has 0 aromatic heterocycles. The van der Waals surface area contributed by atoms with E-state index in [0.29, 0.717) is 23.9 Å². The molecular weight excluding hydrogens is 542 g/mol. The van der Waals surface area contributed by atoms with Crippen LogP contribution in [-0.2, 0) is 14.8 Å². The van der Waals surface area contributed by atoms with Crippen LogP contribution in [0, 0.1) is 20.2 Å². The van der Waals surface area contributed by atoms with Gasteiger partial charge in [-0.25, -0.2) is 8.42 Å². The lowest BCUT2D eigenvalue weighted by Gasteiger charge is -2.26. The van der Waals surface area contributed by atoms with Crippen molar-refractivity contribution in [2.45, 2.75) is 4.90 Å². The number of benzene rings is 3.